The summed E-state index contributed by atoms with van der Waals surface area (Å²) in [7, 11) is 1.57. The molecule has 0 spiro atoms. The molecule has 0 aromatic heterocycles. The van der Waals surface area contributed by atoms with Gasteiger partial charge in [0.1, 0.15) is 12.4 Å². The maximum atomic E-state index is 13.1. The van der Waals surface area contributed by atoms with Gasteiger partial charge in [-0.1, -0.05) is 28.1 Å². The van der Waals surface area contributed by atoms with Crippen molar-refractivity contribution in [1.29, 1.82) is 0 Å². The Morgan fingerprint density at radius 2 is 1.87 bits per heavy atom. The SMILES string of the molecule is COc1ccc(Br)c(CNc2ccc(C(=O)O)cc2C)c1OCc1ccc(F)cc1. The highest BCUT2D eigenvalue weighted by Crippen LogP contribution is 2.37. The fraction of sp³-hybridized carbons (Fsp3) is 0.174. The quantitative estimate of drug-likeness (QED) is 0.432. The Morgan fingerprint density at radius 1 is 1.13 bits per heavy atom. The lowest BCUT2D eigenvalue weighted by molar-refractivity contribution is 0.0697. The number of rotatable bonds is 8. The highest BCUT2D eigenvalue weighted by molar-refractivity contribution is 9.10. The second kappa shape index (κ2) is 9.63. The van der Waals surface area contributed by atoms with Gasteiger partial charge < -0.3 is 19.9 Å². The van der Waals surface area contributed by atoms with E-state index < -0.39 is 5.97 Å². The summed E-state index contributed by atoms with van der Waals surface area (Å²) in [5, 5.41) is 12.5. The Hall–Kier alpha value is -3.06. The van der Waals surface area contributed by atoms with E-state index in [-0.39, 0.29) is 18.0 Å². The van der Waals surface area contributed by atoms with Gasteiger partial charge in [0.05, 0.1) is 12.7 Å². The molecule has 3 rings (SSSR count). The van der Waals surface area contributed by atoms with Gasteiger partial charge in [-0.2, -0.15) is 0 Å². The minimum absolute atomic E-state index is 0.240. The van der Waals surface area contributed by atoms with Crippen LogP contribution in [0.5, 0.6) is 11.5 Å². The fourth-order valence-electron chi connectivity index (χ4n) is 2.98. The molecule has 156 valence electrons. The van der Waals surface area contributed by atoms with E-state index in [0.717, 1.165) is 26.9 Å². The van der Waals surface area contributed by atoms with Crippen molar-refractivity contribution in [2.75, 3.05) is 12.4 Å². The Bertz CT molecular complexity index is 1050. The zero-order chi connectivity index (χ0) is 21.7. The number of halogens is 2. The summed E-state index contributed by atoms with van der Waals surface area (Å²) in [6.07, 6.45) is 0. The summed E-state index contributed by atoms with van der Waals surface area (Å²) in [6.45, 7) is 2.53. The number of hydrogen-bond donors (Lipinski definition) is 2. The molecule has 0 atom stereocenters. The van der Waals surface area contributed by atoms with E-state index in [4.69, 9.17) is 14.6 Å². The molecule has 0 aliphatic rings. The van der Waals surface area contributed by atoms with Gasteiger partial charge >= 0.3 is 5.97 Å². The number of carboxylic acid groups (broad SMARTS) is 1. The molecule has 3 aromatic rings. The van der Waals surface area contributed by atoms with Crippen LogP contribution < -0.4 is 14.8 Å². The number of ether oxygens (including phenoxy) is 2. The molecule has 0 bridgehead atoms. The summed E-state index contributed by atoms with van der Waals surface area (Å²) in [4.78, 5) is 11.1. The van der Waals surface area contributed by atoms with Crippen molar-refractivity contribution in [3.8, 4) is 11.5 Å². The third-order valence-electron chi connectivity index (χ3n) is 4.61. The number of hydrogen-bond acceptors (Lipinski definition) is 4. The molecule has 0 saturated heterocycles. The largest absolute Gasteiger partial charge is 0.493 e. The van der Waals surface area contributed by atoms with E-state index in [1.165, 1.54) is 12.1 Å². The third kappa shape index (κ3) is 5.10. The molecule has 0 amide bonds. The topological polar surface area (TPSA) is 67.8 Å². The molecule has 0 aliphatic carbocycles. The van der Waals surface area contributed by atoms with Crippen molar-refractivity contribution in [2.45, 2.75) is 20.1 Å². The molecular weight excluding hydrogens is 453 g/mol. The summed E-state index contributed by atoms with van der Waals surface area (Å²) in [5.41, 5.74) is 3.56. The van der Waals surface area contributed by atoms with Gasteiger partial charge in [0.25, 0.3) is 0 Å². The maximum Gasteiger partial charge on any atom is 0.335 e. The summed E-state index contributed by atoms with van der Waals surface area (Å²) >= 11 is 3.57. The molecular formula is C23H21BrFNO4. The zero-order valence-corrected chi connectivity index (χ0v) is 18.1. The standard InChI is InChI=1S/C23H21BrFNO4/c1-14-11-16(23(27)28)5-9-20(14)26-12-18-19(24)8-10-21(29-2)22(18)30-13-15-3-6-17(25)7-4-15/h3-11,26H,12-13H2,1-2H3,(H,27,28). The van der Waals surface area contributed by atoms with Crippen molar-refractivity contribution < 1.29 is 23.8 Å². The van der Waals surface area contributed by atoms with Gasteiger partial charge in [0.2, 0.25) is 0 Å². The fourth-order valence-corrected chi connectivity index (χ4v) is 3.43. The molecule has 0 heterocycles. The number of carboxylic acids is 1. The molecule has 2 N–H and O–H groups in total. The number of aryl methyl sites for hydroxylation is 1. The second-order valence-corrected chi connectivity index (χ2v) is 7.52. The van der Waals surface area contributed by atoms with E-state index in [0.29, 0.717) is 18.0 Å². The smallest absolute Gasteiger partial charge is 0.335 e. The molecule has 3 aromatic carbocycles. The number of carbonyl (C=O) groups is 1. The van der Waals surface area contributed by atoms with E-state index in [2.05, 4.69) is 21.2 Å². The van der Waals surface area contributed by atoms with Gasteiger partial charge in [-0.25, -0.2) is 9.18 Å². The van der Waals surface area contributed by atoms with Gasteiger partial charge in [0.15, 0.2) is 11.5 Å². The highest BCUT2D eigenvalue weighted by atomic mass is 79.9. The molecule has 0 aliphatic heterocycles. The number of aromatic carboxylic acids is 1. The van der Waals surface area contributed by atoms with Crippen LogP contribution in [-0.4, -0.2) is 18.2 Å². The minimum Gasteiger partial charge on any atom is -0.493 e. The monoisotopic (exact) mass is 473 g/mol. The summed E-state index contributed by atoms with van der Waals surface area (Å²) in [6, 6.07) is 14.7. The predicted molar refractivity (Wildman–Crippen MR) is 117 cm³/mol. The van der Waals surface area contributed by atoms with Crippen LogP contribution in [0.1, 0.15) is 27.0 Å². The van der Waals surface area contributed by atoms with E-state index >= 15 is 0 Å². The molecule has 0 radical (unpaired) electrons. The first kappa shape index (κ1) is 21.6. The van der Waals surface area contributed by atoms with Crippen molar-refractivity contribution in [3.05, 3.63) is 87.1 Å². The summed E-state index contributed by atoms with van der Waals surface area (Å²) < 4.78 is 25.5. The normalized spacial score (nSPS) is 10.5. The van der Waals surface area contributed by atoms with Crippen LogP contribution in [0.4, 0.5) is 10.1 Å². The number of nitrogens with one attached hydrogen (secondary N) is 1. The number of anilines is 1. The van der Waals surface area contributed by atoms with Crippen LogP contribution in [-0.2, 0) is 13.2 Å². The lowest BCUT2D eigenvalue weighted by Gasteiger charge is -2.18. The Balaban J connectivity index is 1.83. The third-order valence-corrected chi connectivity index (χ3v) is 5.36. The molecule has 30 heavy (non-hydrogen) atoms. The van der Waals surface area contributed by atoms with Crippen LogP contribution in [0.25, 0.3) is 0 Å². The van der Waals surface area contributed by atoms with Crippen LogP contribution in [0, 0.1) is 12.7 Å². The van der Waals surface area contributed by atoms with E-state index in [9.17, 15) is 9.18 Å². The lowest BCUT2D eigenvalue weighted by Crippen LogP contribution is -2.07. The maximum absolute atomic E-state index is 13.1. The van der Waals surface area contributed by atoms with Crippen molar-refractivity contribution in [3.63, 3.8) is 0 Å². The van der Waals surface area contributed by atoms with E-state index in [1.54, 1.807) is 43.5 Å². The van der Waals surface area contributed by atoms with Crippen LogP contribution in [0.15, 0.2) is 59.1 Å². The Morgan fingerprint density at radius 3 is 2.50 bits per heavy atom. The van der Waals surface area contributed by atoms with Gasteiger partial charge in [-0.15, -0.1) is 0 Å². The highest BCUT2D eigenvalue weighted by Gasteiger charge is 2.16. The molecule has 0 fully saturated rings. The van der Waals surface area contributed by atoms with Gasteiger partial charge in [0, 0.05) is 22.3 Å². The molecule has 5 nitrogen and oxygen atoms in total. The molecule has 0 saturated carbocycles. The number of benzene rings is 3. The van der Waals surface area contributed by atoms with Crippen molar-refractivity contribution in [2.24, 2.45) is 0 Å². The van der Waals surface area contributed by atoms with Crippen LogP contribution in [0.2, 0.25) is 0 Å². The van der Waals surface area contributed by atoms with Crippen LogP contribution >= 0.6 is 15.9 Å². The average molecular weight is 474 g/mol. The molecule has 0 unspecified atom stereocenters. The Kier molecular flexibility index (Phi) is 6.95. The Labute approximate surface area is 182 Å². The average Bonchev–Trinajstić information content (AvgIpc) is 2.73. The zero-order valence-electron chi connectivity index (χ0n) is 16.5. The van der Waals surface area contributed by atoms with Gasteiger partial charge in [-0.3, -0.25) is 0 Å². The summed E-state index contributed by atoms with van der Waals surface area (Å²) in [5.74, 6) is -0.108. The number of methoxy groups -OCH3 is 1. The first-order valence-corrected chi connectivity index (χ1v) is 9.98. The first-order chi connectivity index (χ1) is 14.4. The second-order valence-electron chi connectivity index (χ2n) is 6.66. The first-order valence-electron chi connectivity index (χ1n) is 9.19. The minimum atomic E-state index is -0.961. The van der Waals surface area contributed by atoms with Crippen molar-refractivity contribution >= 4 is 27.6 Å². The van der Waals surface area contributed by atoms with Crippen LogP contribution in [0.3, 0.4) is 0 Å². The predicted octanol–water partition coefficient (Wildman–Crippen LogP) is 5.79. The lowest BCUT2D eigenvalue weighted by atomic mass is 10.1. The van der Waals surface area contributed by atoms with E-state index in [1.807, 2.05) is 13.0 Å². The van der Waals surface area contributed by atoms with Gasteiger partial charge in [-0.05, 0) is 60.5 Å². The molecule has 7 heteroatoms. The van der Waals surface area contributed by atoms with Crippen molar-refractivity contribution in [1.82, 2.24) is 0 Å².